The van der Waals surface area contributed by atoms with Crippen LogP contribution >= 0.6 is 27.5 Å². The summed E-state index contributed by atoms with van der Waals surface area (Å²) >= 11 is 8.98. The molecule has 0 fully saturated rings. The van der Waals surface area contributed by atoms with Gasteiger partial charge >= 0.3 is 0 Å². The van der Waals surface area contributed by atoms with Crippen LogP contribution in [-0.4, -0.2) is 5.91 Å². The number of anilines is 1. The molecule has 0 saturated heterocycles. The summed E-state index contributed by atoms with van der Waals surface area (Å²) in [5, 5.41) is 12.0. The third-order valence-corrected chi connectivity index (χ3v) is 3.43. The van der Waals surface area contributed by atoms with E-state index in [1.165, 1.54) is 18.2 Å². The lowest BCUT2D eigenvalue weighted by molar-refractivity contribution is -0.112. The Hall–Kier alpha value is -2.16. The van der Waals surface area contributed by atoms with E-state index in [1.54, 1.807) is 36.4 Å². The second kappa shape index (κ2) is 7.21. The monoisotopic (exact) mass is 378 g/mol. The van der Waals surface area contributed by atoms with Crippen LogP contribution in [0.4, 0.5) is 10.1 Å². The van der Waals surface area contributed by atoms with Crippen molar-refractivity contribution in [2.24, 2.45) is 0 Å². The van der Waals surface area contributed by atoms with E-state index in [0.29, 0.717) is 15.1 Å². The Morgan fingerprint density at radius 1 is 1.32 bits per heavy atom. The van der Waals surface area contributed by atoms with E-state index in [0.717, 1.165) is 0 Å². The summed E-state index contributed by atoms with van der Waals surface area (Å²) in [7, 11) is 0. The molecule has 0 unspecified atom stereocenters. The fraction of sp³-hybridized carbons (Fsp3) is 0. The summed E-state index contributed by atoms with van der Waals surface area (Å²) in [5.74, 6) is -1.29. The van der Waals surface area contributed by atoms with Crippen LogP contribution in [0.3, 0.4) is 0 Å². The highest BCUT2D eigenvalue weighted by molar-refractivity contribution is 9.10. The van der Waals surface area contributed by atoms with Gasteiger partial charge < -0.3 is 5.32 Å². The van der Waals surface area contributed by atoms with Gasteiger partial charge in [0, 0.05) is 9.50 Å². The molecule has 3 nitrogen and oxygen atoms in total. The molecule has 0 aromatic heterocycles. The van der Waals surface area contributed by atoms with Gasteiger partial charge in [-0.2, -0.15) is 5.26 Å². The minimum atomic E-state index is -0.691. The van der Waals surface area contributed by atoms with Gasteiger partial charge in [0.1, 0.15) is 17.5 Å². The zero-order valence-electron chi connectivity index (χ0n) is 11.1. The van der Waals surface area contributed by atoms with E-state index in [-0.39, 0.29) is 11.3 Å². The number of carbonyl (C=O) groups is 1. The fourth-order valence-corrected chi connectivity index (χ4v) is 2.22. The van der Waals surface area contributed by atoms with Crippen molar-refractivity contribution in [3.05, 3.63) is 68.9 Å². The van der Waals surface area contributed by atoms with E-state index < -0.39 is 11.7 Å². The number of hydrogen-bond donors (Lipinski definition) is 1. The van der Waals surface area contributed by atoms with Gasteiger partial charge in [-0.3, -0.25) is 4.79 Å². The minimum Gasteiger partial charge on any atom is -0.319 e. The van der Waals surface area contributed by atoms with Gasteiger partial charge in [0.2, 0.25) is 0 Å². The summed E-state index contributed by atoms with van der Waals surface area (Å²) in [6.45, 7) is 0. The molecule has 1 N–H and O–H groups in total. The molecular formula is C16H9BrClFN2O. The normalized spacial score (nSPS) is 10.9. The van der Waals surface area contributed by atoms with E-state index in [1.807, 2.05) is 0 Å². The number of amides is 1. The minimum absolute atomic E-state index is 0.000411. The third-order valence-electron chi connectivity index (χ3n) is 2.70. The third kappa shape index (κ3) is 4.17. The Kier molecular flexibility index (Phi) is 5.31. The van der Waals surface area contributed by atoms with Crippen molar-refractivity contribution in [1.82, 2.24) is 0 Å². The van der Waals surface area contributed by atoms with Crippen molar-refractivity contribution in [2.45, 2.75) is 0 Å². The highest BCUT2D eigenvalue weighted by atomic mass is 79.9. The fourth-order valence-electron chi connectivity index (χ4n) is 1.69. The summed E-state index contributed by atoms with van der Waals surface area (Å²) in [5.41, 5.74) is 0.459. The summed E-state index contributed by atoms with van der Waals surface area (Å²) in [6, 6.07) is 12.7. The second-order valence-electron chi connectivity index (χ2n) is 4.30. The largest absolute Gasteiger partial charge is 0.319 e. The Bertz CT molecular complexity index is 799. The molecule has 0 aliphatic carbocycles. The standard InChI is InChI=1S/C16H9BrClFN2O/c17-12-4-5-15(14(19)8-12)21-16(22)11(9-20)6-10-2-1-3-13(18)7-10/h1-8H,(H,21,22)/b11-6-. The van der Waals surface area contributed by atoms with Gasteiger partial charge in [0.25, 0.3) is 5.91 Å². The summed E-state index contributed by atoms with van der Waals surface area (Å²) in [6.07, 6.45) is 1.39. The van der Waals surface area contributed by atoms with Crippen LogP contribution in [0.25, 0.3) is 6.08 Å². The molecule has 0 saturated carbocycles. The van der Waals surface area contributed by atoms with Crippen LogP contribution < -0.4 is 5.32 Å². The van der Waals surface area contributed by atoms with E-state index in [4.69, 9.17) is 16.9 Å². The first-order chi connectivity index (χ1) is 10.5. The first kappa shape index (κ1) is 16.2. The van der Waals surface area contributed by atoms with Crippen molar-refractivity contribution < 1.29 is 9.18 Å². The number of nitrogens with zero attached hydrogens (tertiary/aromatic N) is 1. The molecule has 6 heteroatoms. The highest BCUT2D eigenvalue weighted by Gasteiger charge is 2.12. The van der Waals surface area contributed by atoms with Crippen LogP contribution in [-0.2, 0) is 4.79 Å². The molecule has 2 aromatic rings. The number of rotatable bonds is 3. The average molecular weight is 380 g/mol. The van der Waals surface area contributed by atoms with Crippen molar-refractivity contribution in [1.29, 1.82) is 5.26 Å². The highest BCUT2D eigenvalue weighted by Crippen LogP contribution is 2.20. The molecule has 0 bridgehead atoms. The number of nitrogens with one attached hydrogen (secondary N) is 1. The molecule has 0 aliphatic rings. The molecular weight excluding hydrogens is 371 g/mol. The van der Waals surface area contributed by atoms with Gasteiger partial charge in [-0.05, 0) is 42.0 Å². The first-order valence-corrected chi connectivity index (χ1v) is 7.30. The molecule has 110 valence electrons. The number of halogens is 3. The lowest BCUT2D eigenvalue weighted by atomic mass is 10.1. The van der Waals surface area contributed by atoms with Crippen LogP contribution in [0.15, 0.2) is 52.5 Å². The van der Waals surface area contributed by atoms with Crippen molar-refractivity contribution >= 4 is 45.2 Å². The SMILES string of the molecule is N#C/C(=C/c1cccc(Cl)c1)C(=O)Nc1ccc(Br)cc1F. The number of nitriles is 1. The zero-order valence-corrected chi connectivity index (χ0v) is 13.5. The maximum Gasteiger partial charge on any atom is 0.266 e. The lowest BCUT2D eigenvalue weighted by Gasteiger charge is -2.06. The Balaban J connectivity index is 2.24. The van der Waals surface area contributed by atoms with Gasteiger partial charge in [-0.15, -0.1) is 0 Å². The van der Waals surface area contributed by atoms with Crippen LogP contribution in [0, 0.1) is 17.1 Å². The summed E-state index contributed by atoms with van der Waals surface area (Å²) < 4.78 is 14.2. The van der Waals surface area contributed by atoms with Crippen molar-refractivity contribution in [3.63, 3.8) is 0 Å². The lowest BCUT2D eigenvalue weighted by Crippen LogP contribution is -2.14. The Morgan fingerprint density at radius 3 is 2.73 bits per heavy atom. The topological polar surface area (TPSA) is 52.9 Å². The van der Waals surface area contributed by atoms with Crippen molar-refractivity contribution in [2.75, 3.05) is 5.32 Å². The predicted octanol–water partition coefficient (Wildman–Crippen LogP) is 4.79. The molecule has 2 aromatic carbocycles. The Morgan fingerprint density at radius 2 is 2.09 bits per heavy atom. The van der Waals surface area contributed by atoms with Crippen LogP contribution in [0.5, 0.6) is 0 Å². The van der Waals surface area contributed by atoms with Gasteiger partial charge in [-0.1, -0.05) is 39.7 Å². The van der Waals surface area contributed by atoms with E-state index in [2.05, 4.69) is 21.2 Å². The molecule has 22 heavy (non-hydrogen) atoms. The average Bonchev–Trinajstić information content (AvgIpc) is 2.47. The maximum atomic E-state index is 13.7. The van der Waals surface area contributed by atoms with E-state index >= 15 is 0 Å². The van der Waals surface area contributed by atoms with Crippen molar-refractivity contribution in [3.8, 4) is 6.07 Å². The number of carbonyl (C=O) groups excluding carboxylic acids is 1. The van der Waals surface area contributed by atoms with Gasteiger partial charge in [-0.25, -0.2) is 4.39 Å². The molecule has 0 aliphatic heterocycles. The molecule has 1 amide bonds. The quantitative estimate of drug-likeness (QED) is 0.616. The van der Waals surface area contributed by atoms with Gasteiger partial charge in [0.15, 0.2) is 0 Å². The van der Waals surface area contributed by atoms with Gasteiger partial charge in [0.05, 0.1) is 5.69 Å². The predicted molar refractivity (Wildman–Crippen MR) is 87.8 cm³/mol. The maximum absolute atomic E-state index is 13.7. The second-order valence-corrected chi connectivity index (χ2v) is 5.66. The van der Waals surface area contributed by atoms with Crippen LogP contribution in [0.1, 0.15) is 5.56 Å². The van der Waals surface area contributed by atoms with E-state index in [9.17, 15) is 9.18 Å². The Labute approximate surface area is 140 Å². The smallest absolute Gasteiger partial charge is 0.266 e. The number of benzene rings is 2. The first-order valence-electron chi connectivity index (χ1n) is 6.13. The van der Waals surface area contributed by atoms with Crippen LogP contribution in [0.2, 0.25) is 5.02 Å². The molecule has 0 radical (unpaired) electrons. The molecule has 2 rings (SSSR count). The number of hydrogen-bond acceptors (Lipinski definition) is 2. The molecule has 0 heterocycles. The summed E-state index contributed by atoms with van der Waals surface area (Å²) in [4.78, 5) is 12.1. The zero-order chi connectivity index (χ0) is 16.1. The molecule has 0 atom stereocenters. The molecule has 0 spiro atoms.